The van der Waals surface area contributed by atoms with Crippen LogP contribution in [0.3, 0.4) is 0 Å². The number of carbonyl (C=O) groups excluding carboxylic acids is 1. The van der Waals surface area contributed by atoms with E-state index in [-0.39, 0.29) is 11.8 Å². The second kappa shape index (κ2) is 11.5. The highest BCUT2D eigenvalue weighted by atomic mass is 19.1. The number of ether oxygens (including phenoxy) is 1. The average Bonchev–Trinajstić information content (AvgIpc) is 2.76. The summed E-state index contributed by atoms with van der Waals surface area (Å²) in [4.78, 5) is 34.6. The Bertz CT molecular complexity index is 886. The number of nitrogens with one attached hydrogen (secondary N) is 1. The van der Waals surface area contributed by atoms with Gasteiger partial charge in [-0.05, 0) is 42.0 Å². The molecule has 0 radical (unpaired) electrons. The number of carboxylic acid groups (broad SMARTS) is 2. The quantitative estimate of drug-likeness (QED) is 0.633. The van der Waals surface area contributed by atoms with E-state index in [0.717, 1.165) is 25.4 Å². The van der Waals surface area contributed by atoms with Crippen LogP contribution in [0.5, 0.6) is 5.75 Å². The molecular weight excluding hydrogens is 409 g/mol. The summed E-state index contributed by atoms with van der Waals surface area (Å²) in [5, 5.41) is 17.6. The third-order valence-electron chi connectivity index (χ3n) is 4.48. The van der Waals surface area contributed by atoms with Gasteiger partial charge in [0.2, 0.25) is 0 Å². The van der Waals surface area contributed by atoms with Crippen molar-refractivity contribution in [3.63, 3.8) is 0 Å². The first-order valence-corrected chi connectivity index (χ1v) is 9.41. The molecule has 1 aliphatic rings. The van der Waals surface area contributed by atoms with Crippen LogP contribution in [0.15, 0.2) is 48.5 Å². The fraction of sp³-hybridized carbons (Fsp3) is 0.286. The SMILES string of the molecule is COc1cccc(CN2CCN(C(=O)Nc3ccc(F)cc3)CC2)c1.O=C(O)C(=O)O. The molecule has 3 N–H and O–H groups in total. The molecule has 2 aromatic carbocycles. The van der Waals surface area contributed by atoms with Crippen LogP contribution in [-0.4, -0.2) is 71.3 Å². The lowest BCUT2D eigenvalue weighted by Gasteiger charge is -2.34. The number of piperazine rings is 1. The number of nitrogens with zero attached hydrogens (tertiary/aromatic N) is 2. The summed E-state index contributed by atoms with van der Waals surface area (Å²) >= 11 is 0. The van der Waals surface area contributed by atoms with Crippen LogP contribution >= 0.6 is 0 Å². The predicted molar refractivity (Wildman–Crippen MR) is 111 cm³/mol. The molecule has 1 aliphatic heterocycles. The Hall–Kier alpha value is -3.66. The normalized spacial score (nSPS) is 13.5. The second-order valence-electron chi connectivity index (χ2n) is 6.66. The van der Waals surface area contributed by atoms with Crippen molar-refractivity contribution in [2.75, 3.05) is 38.6 Å². The summed E-state index contributed by atoms with van der Waals surface area (Å²) in [7, 11) is 1.66. The minimum absolute atomic E-state index is 0.146. The average molecular weight is 433 g/mol. The Labute approximate surface area is 178 Å². The van der Waals surface area contributed by atoms with Gasteiger partial charge >= 0.3 is 18.0 Å². The summed E-state index contributed by atoms with van der Waals surface area (Å²) in [6.45, 7) is 3.79. The topological polar surface area (TPSA) is 119 Å². The van der Waals surface area contributed by atoms with Crippen molar-refractivity contribution >= 4 is 23.7 Å². The first-order valence-electron chi connectivity index (χ1n) is 9.41. The number of urea groups is 1. The van der Waals surface area contributed by atoms with Gasteiger partial charge in [-0.1, -0.05) is 12.1 Å². The van der Waals surface area contributed by atoms with Gasteiger partial charge in [-0.15, -0.1) is 0 Å². The molecule has 0 bridgehead atoms. The van der Waals surface area contributed by atoms with E-state index in [0.29, 0.717) is 18.8 Å². The first-order chi connectivity index (χ1) is 14.8. The van der Waals surface area contributed by atoms with E-state index in [1.165, 1.54) is 17.7 Å². The maximum absolute atomic E-state index is 12.9. The van der Waals surface area contributed by atoms with Gasteiger partial charge in [0.25, 0.3) is 0 Å². The van der Waals surface area contributed by atoms with Crippen LogP contribution in [0, 0.1) is 5.82 Å². The molecule has 0 atom stereocenters. The zero-order valence-corrected chi connectivity index (χ0v) is 17.0. The molecular formula is C21H24FN3O6. The van der Waals surface area contributed by atoms with E-state index >= 15 is 0 Å². The molecule has 9 nitrogen and oxygen atoms in total. The Morgan fingerprint density at radius 2 is 1.61 bits per heavy atom. The molecule has 0 saturated carbocycles. The molecule has 2 aromatic rings. The Morgan fingerprint density at radius 1 is 1.00 bits per heavy atom. The van der Waals surface area contributed by atoms with Crippen LogP contribution < -0.4 is 10.1 Å². The van der Waals surface area contributed by atoms with Gasteiger partial charge in [0.05, 0.1) is 7.11 Å². The maximum Gasteiger partial charge on any atom is 0.414 e. The van der Waals surface area contributed by atoms with Crippen molar-refractivity contribution in [2.45, 2.75) is 6.54 Å². The number of anilines is 1. The minimum Gasteiger partial charge on any atom is -0.497 e. The molecule has 31 heavy (non-hydrogen) atoms. The van der Waals surface area contributed by atoms with Gasteiger partial charge in [0.15, 0.2) is 0 Å². The number of aliphatic carboxylic acids is 2. The number of amides is 2. The molecule has 2 amide bonds. The standard InChI is InChI=1S/C19H22FN3O2.C2H2O4/c1-25-18-4-2-3-15(13-18)14-22-9-11-23(12-10-22)19(24)21-17-7-5-16(20)6-8-17;3-1(4)2(5)6/h2-8,13H,9-12,14H2,1H3,(H,21,24);(H,3,4)(H,5,6). The fourth-order valence-electron chi connectivity index (χ4n) is 2.87. The van der Waals surface area contributed by atoms with E-state index in [9.17, 15) is 9.18 Å². The Balaban J connectivity index is 0.000000501. The molecule has 3 rings (SSSR count). The van der Waals surface area contributed by atoms with E-state index in [1.807, 2.05) is 18.2 Å². The maximum atomic E-state index is 12.9. The van der Waals surface area contributed by atoms with Crippen LogP contribution in [0.4, 0.5) is 14.9 Å². The van der Waals surface area contributed by atoms with E-state index in [1.54, 1.807) is 24.1 Å². The fourth-order valence-corrected chi connectivity index (χ4v) is 2.87. The molecule has 10 heteroatoms. The van der Waals surface area contributed by atoms with Gasteiger partial charge in [-0.3, -0.25) is 4.90 Å². The zero-order chi connectivity index (χ0) is 22.8. The smallest absolute Gasteiger partial charge is 0.414 e. The van der Waals surface area contributed by atoms with Crippen LogP contribution in [0.1, 0.15) is 5.56 Å². The number of rotatable bonds is 4. The van der Waals surface area contributed by atoms with Gasteiger partial charge in [-0.2, -0.15) is 0 Å². The lowest BCUT2D eigenvalue weighted by molar-refractivity contribution is -0.159. The molecule has 0 aliphatic carbocycles. The zero-order valence-electron chi connectivity index (χ0n) is 17.0. The third kappa shape index (κ3) is 7.94. The summed E-state index contributed by atoms with van der Waals surface area (Å²) in [6, 6.07) is 13.7. The summed E-state index contributed by atoms with van der Waals surface area (Å²) < 4.78 is 18.2. The van der Waals surface area contributed by atoms with Crippen molar-refractivity contribution in [1.29, 1.82) is 0 Å². The monoisotopic (exact) mass is 433 g/mol. The molecule has 0 aromatic heterocycles. The van der Waals surface area contributed by atoms with Gasteiger partial charge in [0.1, 0.15) is 11.6 Å². The summed E-state index contributed by atoms with van der Waals surface area (Å²) in [6.07, 6.45) is 0. The van der Waals surface area contributed by atoms with E-state index in [2.05, 4.69) is 16.3 Å². The number of halogens is 1. The van der Waals surface area contributed by atoms with Crippen molar-refractivity contribution in [2.24, 2.45) is 0 Å². The lowest BCUT2D eigenvalue weighted by Crippen LogP contribution is -2.49. The van der Waals surface area contributed by atoms with Crippen LogP contribution in [0.25, 0.3) is 0 Å². The van der Waals surface area contributed by atoms with Gasteiger partial charge in [0, 0.05) is 38.4 Å². The van der Waals surface area contributed by atoms with Crippen LogP contribution in [-0.2, 0) is 16.1 Å². The number of carbonyl (C=O) groups is 3. The predicted octanol–water partition coefficient (Wildman–Crippen LogP) is 2.34. The number of methoxy groups -OCH3 is 1. The number of hydrogen-bond donors (Lipinski definition) is 3. The van der Waals surface area contributed by atoms with E-state index in [4.69, 9.17) is 24.5 Å². The molecule has 0 unspecified atom stereocenters. The van der Waals surface area contributed by atoms with Crippen molar-refractivity contribution < 1.29 is 33.7 Å². The van der Waals surface area contributed by atoms with Crippen molar-refractivity contribution in [3.8, 4) is 5.75 Å². The summed E-state index contributed by atoms with van der Waals surface area (Å²) in [5.41, 5.74) is 1.80. The first kappa shape index (κ1) is 23.6. The van der Waals surface area contributed by atoms with Gasteiger partial charge < -0.3 is 25.2 Å². The summed E-state index contributed by atoms with van der Waals surface area (Å²) in [5.74, 6) is -3.11. The van der Waals surface area contributed by atoms with Crippen molar-refractivity contribution in [1.82, 2.24) is 9.80 Å². The number of benzene rings is 2. The Morgan fingerprint density at radius 3 is 2.16 bits per heavy atom. The number of carboxylic acids is 2. The highest BCUT2D eigenvalue weighted by Gasteiger charge is 2.21. The third-order valence-corrected chi connectivity index (χ3v) is 4.48. The van der Waals surface area contributed by atoms with Crippen molar-refractivity contribution in [3.05, 3.63) is 59.9 Å². The minimum atomic E-state index is -1.82. The highest BCUT2D eigenvalue weighted by Crippen LogP contribution is 2.16. The molecule has 166 valence electrons. The lowest BCUT2D eigenvalue weighted by atomic mass is 10.2. The molecule has 1 saturated heterocycles. The highest BCUT2D eigenvalue weighted by molar-refractivity contribution is 6.27. The largest absolute Gasteiger partial charge is 0.497 e. The van der Waals surface area contributed by atoms with Gasteiger partial charge in [-0.25, -0.2) is 18.8 Å². The molecule has 1 heterocycles. The second-order valence-corrected chi connectivity index (χ2v) is 6.66. The van der Waals surface area contributed by atoms with Crippen LogP contribution in [0.2, 0.25) is 0 Å². The molecule has 0 spiro atoms. The van der Waals surface area contributed by atoms with E-state index < -0.39 is 11.9 Å². The number of hydrogen-bond acceptors (Lipinski definition) is 5. The Kier molecular flexibility index (Phi) is 8.77. The molecule has 1 fully saturated rings.